The second-order valence-corrected chi connectivity index (χ2v) is 6.97. The molecule has 0 atom stereocenters. The molecule has 0 bridgehead atoms. The number of anilines is 1. The van der Waals surface area contributed by atoms with Crippen molar-refractivity contribution in [2.75, 3.05) is 5.01 Å². The minimum absolute atomic E-state index is 0.0131. The molecule has 0 unspecified atom stereocenters. The van der Waals surface area contributed by atoms with Crippen molar-refractivity contribution in [2.45, 2.75) is 6.61 Å². The Hall–Kier alpha value is -3.64. The highest BCUT2D eigenvalue weighted by Gasteiger charge is 2.34. The van der Waals surface area contributed by atoms with E-state index in [0.29, 0.717) is 27.6 Å². The van der Waals surface area contributed by atoms with E-state index < -0.39 is 11.8 Å². The van der Waals surface area contributed by atoms with Crippen molar-refractivity contribution in [2.24, 2.45) is 0 Å². The Morgan fingerprint density at radius 1 is 1.00 bits per heavy atom. The molecule has 7 heteroatoms. The Kier molecular flexibility index (Phi) is 5.50. The van der Waals surface area contributed by atoms with E-state index in [0.717, 1.165) is 0 Å². The van der Waals surface area contributed by atoms with Crippen molar-refractivity contribution in [3.8, 4) is 5.75 Å². The minimum atomic E-state index is -0.538. The molecule has 1 saturated heterocycles. The number of rotatable bonds is 5. The van der Waals surface area contributed by atoms with E-state index in [9.17, 15) is 14.0 Å². The second-order valence-electron chi connectivity index (χ2n) is 6.54. The van der Waals surface area contributed by atoms with Crippen LogP contribution in [0.2, 0.25) is 5.02 Å². The number of halogens is 2. The Morgan fingerprint density at radius 3 is 2.50 bits per heavy atom. The summed E-state index contributed by atoms with van der Waals surface area (Å²) >= 11 is 6.10. The van der Waals surface area contributed by atoms with Gasteiger partial charge < -0.3 is 4.74 Å². The first-order chi connectivity index (χ1) is 14.5. The maximum Gasteiger partial charge on any atom is 0.282 e. The molecule has 1 N–H and O–H groups in total. The van der Waals surface area contributed by atoms with Gasteiger partial charge in [-0.25, -0.2) is 9.40 Å². The topological polar surface area (TPSA) is 58.6 Å². The molecule has 1 heterocycles. The monoisotopic (exact) mass is 422 g/mol. The molecule has 2 amide bonds. The molecular weight excluding hydrogens is 407 g/mol. The van der Waals surface area contributed by atoms with Gasteiger partial charge in [-0.2, -0.15) is 0 Å². The van der Waals surface area contributed by atoms with Crippen molar-refractivity contribution < 1.29 is 18.7 Å². The number of carbonyl (C=O) groups is 2. The number of nitrogens with one attached hydrogen (secondary N) is 1. The molecule has 1 aliphatic rings. The van der Waals surface area contributed by atoms with Gasteiger partial charge >= 0.3 is 0 Å². The summed E-state index contributed by atoms with van der Waals surface area (Å²) in [4.78, 5) is 25.2. The molecule has 5 nitrogen and oxygen atoms in total. The predicted molar refractivity (Wildman–Crippen MR) is 112 cm³/mol. The molecule has 3 aromatic rings. The largest absolute Gasteiger partial charge is 0.488 e. The maximum atomic E-state index is 13.9. The Balaban J connectivity index is 1.63. The van der Waals surface area contributed by atoms with Crippen molar-refractivity contribution in [3.63, 3.8) is 0 Å². The third-order valence-electron chi connectivity index (χ3n) is 4.52. The summed E-state index contributed by atoms with van der Waals surface area (Å²) in [7, 11) is 0. The first-order valence-corrected chi connectivity index (χ1v) is 9.48. The van der Waals surface area contributed by atoms with Crippen LogP contribution < -0.4 is 15.2 Å². The summed E-state index contributed by atoms with van der Waals surface area (Å²) in [5.74, 6) is -1.04. The summed E-state index contributed by atoms with van der Waals surface area (Å²) in [6.07, 6.45) is 1.42. The van der Waals surface area contributed by atoms with Crippen LogP contribution in [0.3, 0.4) is 0 Å². The second kappa shape index (κ2) is 8.39. The molecule has 1 fully saturated rings. The lowest BCUT2D eigenvalue weighted by Crippen LogP contribution is -2.35. The van der Waals surface area contributed by atoms with Crippen LogP contribution in [0.25, 0.3) is 6.08 Å². The number of ether oxygens (including phenoxy) is 1. The van der Waals surface area contributed by atoms with Gasteiger partial charge in [-0.3, -0.25) is 15.0 Å². The molecule has 0 radical (unpaired) electrons. The number of hydrogen-bond acceptors (Lipinski definition) is 3. The van der Waals surface area contributed by atoms with Crippen molar-refractivity contribution in [1.82, 2.24) is 5.43 Å². The van der Waals surface area contributed by atoms with E-state index in [2.05, 4.69) is 5.43 Å². The smallest absolute Gasteiger partial charge is 0.282 e. The lowest BCUT2D eigenvalue weighted by atomic mass is 10.1. The van der Waals surface area contributed by atoms with Crippen LogP contribution in [0, 0.1) is 5.82 Å². The van der Waals surface area contributed by atoms with E-state index in [-0.39, 0.29) is 18.0 Å². The van der Waals surface area contributed by atoms with Crippen LogP contribution in [0.1, 0.15) is 11.1 Å². The molecule has 3 aromatic carbocycles. The van der Waals surface area contributed by atoms with Crippen LogP contribution in [0.4, 0.5) is 10.1 Å². The van der Waals surface area contributed by atoms with Gasteiger partial charge in [0, 0.05) is 16.1 Å². The van der Waals surface area contributed by atoms with Crippen LogP contribution in [0.5, 0.6) is 5.75 Å². The van der Waals surface area contributed by atoms with Gasteiger partial charge in [0.1, 0.15) is 23.7 Å². The third kappa shape index (κ3) is 4.04. The van der Waals surface area contributed by atoms with Gasteiger partial charge in [0.2, 0.25) is 0 Å². The van der Waals surface area contributed by atoms with Gasteiger partial charge in [0.25, 0.3) is 11.8 Å². The maximum absolute atomic E-state index is 13.9. The summed E-state index contributed by atoms with van der Waals surface area (Å²) in [5.41, 5.74) is 3.85. The van der Waals surface area contributed by atoms with Crippen LogP contribution in [-0.4, -0.2) is 11.8 Å². The fourth-order valence-electron chi connectivity index (χ4n) is 3.01. The van der Waals surface area contributed by atoms with Gasteiger partial charge in [0.05, 0.1) is 5.69 Å². The van der Waals surface area contributed by atoms with E-state index >= 15 is 0 Å². The van der Waals surface area contributed by atoms with E-state index in [1.165, 1.54) is 17.2 Å². The fourth-order valence-corrected chi connectivity index (χ4v) is 3.19. The summed E-state index contributed by atoms with van der Waals surface area (Å²) in [5, 5.41) is 1.59. The van der Waals surface area contributed by atoms with Crippen molar-refractivity contribution >= 4 is 35.2 Å². The zero-order valence-electron chi connectivity index (χ0n) is 15.6. The van der Waals surface area contributed by atoms with Crippen LogP contribution in [0.15, 0.2) is 78.4 Å². The van der Waals surface area contributed by atoms with Crippen molar-refractivity contribution in [3.05, 3.63) is 100 Å². The zero-order chi connectivity index (χ0) is 21.1. The average Bonchev–Trinajstić information content (AvgIpc) is 3.03. The van der Waals surface area contributed by atoms with Gasteiger partial charge in [-0.1, -0.05) is 48.0 Å². The number of amides is 2. The van der Waals surface area contributed by atoms with Crippen LogP contribution >= 0.6 is 11.6 Å². The lowest BCUT2D eigenvalue weighted by molar-refractivity contribution is -0.117. The minimum Gasteiger partial charge on any atom is -0.488 e. The molecule has 0 aliphatic carbocycles. The Bertz CT molecular complexity index is 1150. The number of hydrogen-bond donors (Lipinski definition) is 1. The first kappa shape index (κ1) is 19.7. The predicted octanol–water partition coefficient (Wildman–Crippen LogP) is 4.52. The van der Waals surface area contributed by atoms with E-state index in [1.807, 2.05) is 6.07 Å². The highest BCUT2D eigenvalue weighted by molar-refractivity contribution is 6.32. The average molecular weight is 423 g/mol. The zero-order valence-corrected chi connectivity index (χ0v) is 16.4. The number of benzene rings is 3. The summed E-state index contributed by atoms with van der Waals surface area (Å²) in [6.45, 7) is -0.0131. The first-order valence-electron chi connectivity index (χ1n) is 9.11. The quantitative estimate of drug-likeness (QED) is 0.486. The number of carbonyl (C=O) groups excluding carboxylic acids is 2. The SMILES string of the molecule is O=C1NN(c2ccccc2)C(=O)/C1=C/c1cc(Cl)ccc1OCc1ccccc1F. The van der Waals surface area contributed by atoms with Crippen molar-refractivity contribution in [1.29, 1.82) is 0 Å². The molecule has 30 heavy (non-hydrogen) atoms. The van der Waals surface area contributed by atoms with E-state index in [1.54, 1.807) is 60.7 Å². The normalized spacial score (nSPS) is 14.9. The molecular formula is C23H16ClFN2O3. The molecule has 0 saturated carbocycles. The van der Waals surface area contributed by atoms with Gasteiger partial charge in [-0.15, -0.1) is 0 Å². The van der Waals surface area contributed by atoms with Crippen LogP contribution in [-0.2, 0) is 16.2 Å². The highest BCUT2D eigenvalue weighted by Crippen LogP contribution is 2.28. The molecule has 0 aromatic heterocycles. The fraction of sp³-hybridized carbons (Fsp3) is 0.0435. The summed E-state index contributed by atoms with van der Waals surface area (Å²) in [6, 6.07) is 19.9. The number of nitrogens with zero attached hydrogens (tertiary/aromatic N) is 1. The molecule has 150 valence electrons. The summed E-state index contributed by atoms with van der Waals surface area (Å²) < 4.78 is 19.6. The Morgan fingerprint density at radius 2 is 1.73 bits per heavy atom. The lowest BCUT2D eigenvalue weighted by Gasteiger charge is -2.14. The highest BCUT2D eigenvalue weighted by atomic mass is 35.5. The third-order valence-corrected chi connectivity index (χ3v) is 4.75. The van der Waals surface area contributed by atoms with Gasteiger partial charge in [-0.05, 0) is 42.5 Å². The standard InChI is InChI=1S/C23H16ClFN2O3/c24-17-10-11-21(30-14-15-6-4-5-9-20(15)25)16(12-17)13-19-22(28)26-27(23(19)29)18-7-2-1-3-8-18/h1-13H,14H2,(H,26,28)/b19-13+. The molecule has 4 rings (SSSR count). The Labute approximate surface area is 177 Å². The molecule has 0 spiro atoms. The number of para-hydroxylation sites is 1. The number of hydrazine groups is 1. The van der Waals surface area contributed by atoms with Gasteiger partial charge in [0.15, 0.2) is 0 Å². The molecule has 1 aliphatic heterocycles. The van der Waals surface area contributed by atoms with E-state index in [4.69, 9.17) is 16.3 Å².